The second-order valence-corrected chi connectivity index (χ2v) is 8.42. The average Bonchev–Trinajstić information content (AvgIpc) is 2.96. The molecule has 2 aliphatic heterocycles. The van der Waals surface area contributed by atoms with E-state index in [0.717, 1.165) is 5.46 Å². The van der Waals surface area contributed by atoms with Gasteiger partial charge >= 0.3 is 14.2 Å². The Morgan fingerprint density at radius 2 is 1.04 bits per heavy atom. The molecule has 0 unspecified atom stereocenters. The zero-order valence-corrected chi connectivity index (χ0v) is 15.4. The molecule has 2 aliphatic rings. The van der Waals surface area contributed by atoms with Crippen molar-refractivity contribution >= 4 is 25.4 Å². The quantitative estimate of drug-likeness (QED) is 0.779. The lowest BCUT2D eigenvalue weighted by molar-refractivity contribution is 0.00578. The topological polar surface area (TPSA) is 50.1 Å². The van der Waals surface area contributed by atoms with Gasteiger partial charge in [0.2, 0.25) is 0 Å². The van der Waals surface area contributed by atoms with Gasteiger partial charge < -0.3 is 23.0 Å². The summed E-state index contributed by atoms with van der Waals surface area (Å²) in [4.78, 5) is 0. The van der Waals surface area contributed by atoms with E-state index in [1.165, 1.54) is 0 Å². The Kier molecular flexibility index (Phi) is 3.63. The number of rotatable bonds is 2. The van der Waals surface area contributed by atoms with Crippen LogP contribution in [0.25, 0.3) is 0 Å². The summed E-state index contributed by atoms with van der Waals surface area (Å²) in [5.41, 5.74) is -0.205. The first-order valence-corrected chi connectivity index (χ1v) is 8.15. The minimum absolute atomic E-state index is 0.401. The van der Waals surface area contributed by atoms with Gasteiger partial charge in [-0.2, -0.15) is 0 Å². The molecule has 5 nitrogen and oxygen atoms in total. The van der Waals surface area contributed by atoms with Crippen molar-refractivity contribution in [2.45, 2.75) is 77.8 Å². The van der Waals surface area contributed by atoms with Crippen LogP contribution in [0.2, 0.25) is 0 Å². The molecule has 0 N–H and O–H groups in total. The highest BCUT2D eigenvalue weighted by atomic mass is 16.7. The van der Waals surface area contributed by atoms with Gasteiger partial charge in [0.05, 0.1) is 28.7 Å². The number of hydrogen-bond donors (Lipinski definition) is 0. The molecule has 126 valence electrons. The van der Waals surface area contributed by atoms with E-state index in [2.05, 4.69) is 0 Å². The number of hydrogen-bond acceptors (Lipinski definition) is 5. The van der Waals surface area contributed by atoms with Crippen molar-refractivity contribution in [3.05, 3.63) is 12.3 Å². The molecule has 3 rings (SSSR count). The fourth-order valence-corrected chi connectivity index (χ4v) is 2.64. The molecular weight excluding hydrogens is 294 g/mol. The largest absolute Gasteiger partial charge is 0.532 e. The first-order chi connectivity index (χ1) is 10.4. The first-order valence-electron chi connectivity index (χ1n) is 8.15. The molecule has 2 saturated heterocycles. The second kappa shape index (κ2) is 4.88. The van der Waals surface area contributed by atoms with E-state index in [0.29, 0.717) is 5.66 Å². The Labute approximate surface area is 139 Å². The van der Waals surface area contributed by atoms with Gasteiger partial charge in [-0.1, -0.05) is 0 Å². The molecule has 0 bridgehead atoms. The van der Waals surface area contributed by atoms with Crippen LogP contribution in [0.15, 0.2) is 16.7 Å². The van der Waals surface area contributed by atoms with Crippen LogP contribution >= 0.6 is 0 Å². The van der Waals surface area contributed by atoms with Crippen molar-refractivity contribution in [1.29, 1.82) is 0 Å². The maximum absolute atomic E-state index is 6.12. The first kappa shape index (κ1) is 17.1. The molecule has 23 heavy (non-hydrogen) atoms. The molecule has 1 aromatic rings. The van der Waals surface area contributed by atoms with E-state index >= 15 is 0 Å². The van der Waals surface area contributed by atoms with Gasteiger partial charge in [0.1, 0.15) is 5.66 Å². The smallest absolute Gasteiger partial charge is 0.473 e. The van der Waals surface area contributed by atoms with Gasteiger partial charge in [-0.3, -0.25) is 0 Å². The molecule has 0 aromatic carbocycles. The van der Waals surface area contributed by atoms with Crippen molar-refractivity contribution < 1.29 is 23.0 Å². The van der Waals surface area contributed by atoms with Crippen LogP contribution in [0.1, 0.15) is 55.4 Å². The lowest BCUT2D eigenvalue weighted by Crippen LogP contribution is -2.49. The predicted octanol–water partition coefficient (Wildman–Crippen LogP) is 1.88. The summed E-state index contributed by atoms with van der Waals surface area (Å²) in [5.74, 6) is 0. The minimum Gasteiger partial charge on any atom is -0.473 e. The lowest BCUT2D eigenvalue weighted by Gasteiger charge is -2.32. The molecular formula is C16H26B2O5. The summed E-state index contributed by atoms with van der Waals surface area (Å²) in [5, 5.41) is 0. The van der Waals surface area contributed by atoms with Crippen LogP contribution in [0.3, 0.4) is 0 Å². The van der Waals surface area contributed by atoms with Crippen molar-refractivity contribution in [3.8, 4) is 0 Å². The molecule has 0 saturated carbocycles. The van der Waals surface area contributed by atoms with Crippen molar-refractivity contribution in [2.75, 3.05) is 0 Å². The van der Waals surface area contributed by atoms with Crippen LogP contribution in [-0.4, -0.2) is 36.6 Å². The third kappa shape index (κ3) is 2.58. The van der Waals surface area contributed by atoms with Crippen molar-refractivity contribution in [1.82, 2.24) is 0 Å². The molecule has 0 atom stereocenters. The maximum atomic E-state index is 6.12. The lowest BCUT2D eigenvalue weighted by atomic mass is 9.70. The number of furan rings is 1. The third-order valence-corrected chi connectivity index (χ3v) is 5.70. The molecule has 0 aliphatic carbocycles. The Morgan fingerprint density at radius 3 is 1.48 bits per heavy atom. The van der Waals surface area contributed by atoms with Crippen LogP contribution in [0.4, 0.5) is 0 Å². The van der Waals surface area contributed by atoms with E-state index in [4.69, 9.17) is 23.0 Å². The summed E-state index contributed by atoms with van der Waals surface area (Å²) < 4.78 is 30.1. The van der Waals surface area contributed by atoms with Gasteiger partial charge in [0, 0.05) is 5.46 Å². The second-order valence-electron chi connectivity index (χ2n) is 8.42. The van der Waals surface area contributed by atoms with E-state index < -0.39 is 36.6 Å². The fourth-order valence-electron chi connectivity index (χ4n) is 2.64. The van der Waals surface area contributed by atoms with Gasteiger partial charge in [-0.25, -0.2) is 0 Å². The van der Waals surface area contributed by atoms with Crippen LogP contribution in [0.5, 0.6) is 0 Å². The Balaban J connectivity index is 1.88. The maximum Gasteiger partial charge on any atom is 0.532 e. The zero-order valence-electron chi connectivity index (χ0n) is 15.4. The summed E-state index contributed by atoms with van der Waals surface area (Å²) >= 11 is 0. The summed E-state index contributed by atoms with van der Waals surface area (Å²) in [7, 11) is -1.06. The SMILES string of the molecule is CC1(C)OB(c2ccoc2B2OC(C)(C)C(C)(C)O2)OC1(C)C. The third-order valence-electron chi connectivity index (χ3n) is 5.70. The molecule has 0 radical (unpaired) electrons. The Bertz CT molecular complexity index is 523. The zero-order chi connectivity index (χ0) is 17.3. The van der Waals surface area contributed by atoms with E-state index in [9.17, 15) is 0 Å². The monoisotopic (exact) mass is 320 g/mol. The van der Waals surface area contributed by atoms with Crippen LogP contribution < -0.4 is 11.1 Å². The van der Waals surface area contributed by atoms with Crippen LogP contribution in [0, 0.1) is 0 Å². The predicted molar refractivity (Wildman–Crippen MR) is 90.1 cm³/mol. The molecule has 1 aromatic heterocycles. The van der Waals surface area contributed by atoms with Gasteiger partial charge in [-0.05, 0) is 61.5 Å². The fraction of sp³-hybridized carbons (Fsp3) is 0.750. The van der Waals surface area contributed by atoms with Crippen molar-refractivity contribution in [3.63, 3.8) is 0 Å². The standard InChI is InChI=1S/C16H26B2O5/c1-13(2)14(3,4)21-17(20-13)11-9-10-19-12(11)18-22-15(5,6)16(7,8)23-18/h9-10H,1-8H3. The molecule has 7 heteroatoms. The van der Waals surface area contributed by atoms with Crippen LogP contribution in [-0.2, 0) is 18.6 Å². The van der Waals surface area contributed by atoms with Gasteiger partial charge in [-0.15, -0.1) is 0 Å². The summed E-state index contributed by atoms with van der Waals surface area (Å²) in [6.45, 7) is 16.2. The Hall–Kier alpha value is -0.750. The molecule has 2 fully saturated rings. The highest BCUT2D eigenvalue weighted by Crippen LogP contribution is 2.38. The van der Waals surface area contributed by atoms with E-state index in [1.54, 1.807) is 6.26 Å². The molecule has 3 heterocycles. The minimum atomic E-state index is -0.566. The summed E-state index contributed by atoms with van der Waals surface area (Å²) in [6.07, 6.45) is 1.63. The van der Waals surface area contributed by atoms with Gasteiger partial charge in [0.15, 0.2) is 0 Å². The normalized spacial score (nSPS) is 27.7. The summed E-state index contributed by atoms with van der Waals surface area (Å²) in [6, 6.07) is 1.86. The highest BCUT2D eigenvalue weighted by Gasteiger charge is 2.57. The molecule has 0 spiro atoms. The van der Waals surface area contributed by atoms with E-state index in [1.807, 2.05) is 61.5 Å². The van der Waals surface area contributed by atoms with E-state index in [-0.39, 0.29) is 0 Å². The average molecular weight is 320 g/mol. The van der Waals surface area contributed by atoms with Gasteiger partial charge in [0.25, 0.3) is 0 Å². The Morgan fingerprint density at radius 1 is 0.652 bits per heavy atom. The highest BCUT2D eigenvalue weighted by molar-refractivity contribution is 6.73. The molecule has 0 amide bonds. The van der Waals surface area contributed by atoms with Crippen molar-refractivity contribution in [2.24, 2.45) is 0 Å².